The monoisotopic (exact) mass is 454 g/mol. The third kappa shape index (κ3) is 5.19. The van der Waals surface area contributed by atoms with Gasteiger partial charge in [0.15, 0.2) is 6.61 Å². The molecule has 158 valence electrons. The number of rotatable bonds is 6. The average Bonchev–Trinajstić information content (AvgIpc) is 3.20. The van der Waals surface area contributed by atoms with Crippen LogP contribution in [0.2, 0.25) is 10.0 Å². The van der Waals surface area contributed by atoms with E-state index in [1.807, 2.05) is 18.2 Å². The quantitative estimate of drug-likeness (QED) is 0.576. The second kappa shape index (κ2) is 9.41. The van der Waals surface area contributed by atoms with Crippen molar-refractivity contribution < 1.29 is 14.3 Å². The number of carbonyl (C=O) groups is 2. The number of halogens is 2. The average molecular weight is 455 g/mol. The summed E-state index contributed by atoms with van der Waals surface area (Å²) in [6, 6.07) is 19.6. The van der Waals surface area contributed by atoms with Crippen LogP contribution in [-0.4, -0.2) is 25.0 Å². The van der Waals surface area contributed by atoms with Gasteiger partial charge in [-0.2, -0.15) is 0 Å². The Balaban J connectivity index is 1.37. The van der Waals surface area contributed by atoms with E-state index in [0.29, 0.717) is 34.4 Å². The first-order valence-corrected chi connectivity index (χ1v) is 10.6. The summed E-state index contributed by atoms with van der Waals surface area (Å²) in [5.74, 6) is 0.283. The lowest BCUT2D eigenvalue weighted by molar-refractivity contribution is -0.123. The lowest BCUT2D eigenvalue weighted by Gasteiger charge is -2.18. The summed E-state index contributed by atoms with van der Waals surface area (Å²) in [6.07, 6.45) is 0.802. The van der Waals surface area contributed by atoms with Gasteiger partial charge in [-0.05, 0) is 72.1 Å². The molecular weight excluding hydrogens is 435 g/mol. The van der Waals surface area contributed by atoms with Crippen LogP contribution in [-0.2, 0) is 17.8 Å². The molecule has 0 spiro atoms. The second-order valence-electron chi connectivity index (χ2n) is 7.20. The predicted molar refractivity (Wildman–Crippen MR) is 122 cm³/mol. The molecule has 0 unspecified atom stereocenters. The highest BCUT2D eigenvalue weighted by Crippen LogP contribution is 2.30. The van der Waals surface area contributed by atoms with Gasteiger partial charge >= 0.3 is 0 Å². The molecule has 1 N–H and O–H groups in total. The van der Waals surface area contributed by atoms with Crippen molar-refractivity contribution in [1.29, 1.82) is 0 Å². The van der Waals surface area contributed by atoms with Crippen LogP contribution in [0.25, 0.3) is 0 Å². The van der Waals surface area contributed by atoms with Gasteiger partial charge in [0.05, 0.1) is 0 Å². The minimum Gasteiger partial charge on any atom is -0.484 e. The van der Waals surface area contributed by atoms with Gasteiger partial charge in [0.1, 0.15) is 5.75 Å². The number of nitrogens with one attached hydrogen (secondary N) is 1. The Morgan fingerprint density at radius 3 is 2.32 bits per heavy atom. The van der Waals surface area contributed by atoms with Crippen molar-refractivity contribution in [3.05, 3.63) is 93.5 Å². The van der Waals surface area contributed by atoms with Crippen molar-refractivity contribution >= 4 is 40.7 Å². The van der Waals surface area contributed by atoms with Crippen molar-refractivity contribution in [3.8, 4) is 5.75 Å². The fourth-order valence-electron chi connectivity index (χ4n) is 3.43. The highest BCUT2D eigenvalue weighted by atomic mass is 35.5. The zero-order valence-corrected chi connectivity index (χ0v) is 18.1. The maximum atomic E-state index is 12.9. The van der Waals surface area contributed by atoms with E-state index in [-0.39, 0.29) is 18.4 Å². The van der Waals surface area contributed by atoms with Gasteiger partial charge in [-0.3, -0.25) is 9.59 Å². The largest absolute Gasteiger partial charge is 0.484 e. The Hall–Kier alpha value is -3.02. The smallest absolute Gasteiger partial charge is 0.258 e. The molecular formula is C24H20Cl2N2O3. The van der Waals surface area contributed by atoms with Gasteiger partial charge in [-0.15, -0.1) is 0 Å². The standard InChI is InChI=1S/C24H20Cl2N2O3/c25-19-5-3-18(4-6-19)24(30)28-12-11-17-2-1-16(13-22(17)28)14-27-23(29)15-31-21-9-7-20(26)8-10-21/h1-10,13H,11-12,14-15H2,(H,27,29). The van der Waals surface area contributed by atoms with Crippen molar-refractivity contribution in [1.82, 2.24) is 5.32 Å². The van der Waals surface area contributed by atoms with Crippen LogP contribution in [0.15, 0.2) is 66.7 Å². The van der Waals surface area contributed by atoms with Crippen LogP contribution in [0.5, 0.6) is 5.75 Å². The number of hydrogen-bond donors (Lipinski definition) is 1. The molecule has 2 amide bonds. The van der Waals surface area contributed by atoms with Gasteiger partial charge in [0.2, 0.25) is 0 Å². The first kappa shape index (κ1) is 21.2. The third-order valence-corrected chi connectivity index (χ3v) is 5.56. The summed E-state index contributed by atoms with van der Waals surface area (Å²) >= 11 is 11.8. The summed E-state index contributed by atoms with van der Waals surface area (Å²) in [4.78, 5) is 26.8. The Labute approximate surface area is 190 Å². The highest BCUT2D eigenvalue weighted by Gasteiger charge is 2.25. The molecule has 1 heterocycles. The normalized spacial score (nSPS) is 12.4. The van der Waals surface area contributed by atoms with Gasteiger partial charge in [0, 0.05) is 34.4 Å². The minimum absolute atomic E-state index is 0.0621. The minimum atomic E-state index is -0.232. The van der Waals surface area contributed by atoms with E-state index < -0.39 is 0 Å². The number of benzene rings is 3. The van der Waals surface area contributed by atoms with E-state index in [1.54, 1.807) is 53.4 Å². The van der Waals surface area contributed by atoms with Crippen molar-refractivity contribution in [2.75, 3.05) is 18.1 Å². The van der Waals surface area contributed by atoms with Crippen LogP contribution < -0.4 is 15.0 Å². The summed E-state index contributed by atoms with van der Waals surface area (Å²) in [5, 5.41) is 4.05. The third-order valence-electron chi connectivity index (χ3n) is 5.05. The van der Waals surface area contributed by atoms with Gasteiger partial charge in [0.25, 0.3) is 11.8 Å². The summed E-state index contributed by atoms with van der Waals surface area (Å²) < 4.78 is 5.46. The SMILES string of the molecule is O=C(COc1ccc(Cl)cc1)NCc1ccc2c(c1)N(C(=O)c1ccc(Cl)cc1)CC2. The molecule has 0 radical (unpaired) electrons. The first-order chi connectivity index (χ1) is 15.0. The van der Waals surface area contributed by atoms with E-state index >= 15 is 0 Å². The van der Waals surface area contributed by atoms with Crippen LogP contribution in [0.1, 0.15) is 21.5 Å². The molecule has 4 rings (SSSR count). The molecule has 3 aromatic carbocycles. The fraction of sp³-hybridized carbons (Fsp3) is 0.167. The molecule has 0 aliphatic carbocycles. The van der Waals surface area contributed by atoms with Gasteiger partial charge < -0.3 is 15.0 Å². The number of fused-ring (bicyclic) bond motifs is 1. The van der Waals surface area contributed by atoms with Crippen LogP contribution >= 0.6 is 23.2 Å². The Morgan fingerprint density at radius 2 is 1.61 bits per heavy atom. The molecule has 3 aromatic rings. The second-order valence-corrected chi connectivity index (χ2v) is 8.07. The number of carbonyl (C=O) groups excluding carboxylic acids is 2. The number of nitrogens with zero attached hydrogens (tertiary/aromatic N) is 1. The summed E-state index contributed by atoms with van der Waals surface area (Å²) in [5.41, 5.74) is 3.50. The molecule has 0 fully saturated rings. The van der Waals surface area contributed by atoms with E-state index in [1.165, 1.54) is 0 Å². The first-order valence-electron chi connectivity index (χ1n) is 9.84. The fourth-order valence-corrected chi connectivity index (χ4v) is 3.68. The van der Waals surface area contributed by atoms with Gasteiger partial charge in [-0.25, -0.2) is 0 Å². The predicted octanol–water partition coefficient (Wildman–Crippen LogP) is 4.89. The van der Waals surface area contributed by atoms with Gasteiger partial charge in [-0.1, -0.05) is 35.3 Å². The summed E-state index contributed by atoms with van der Waals surface area (Å²) in [6.45, 7) is 0.883. The number of amides is 2. The van der Waals surface area contributed by atoms with E-state index in [2.05, 4.69) is 5.32 Å². The van der Waals surface area contributed by atoms with E-state index in [4.69, 9.17) is 27.9 Å². The van der Waals surface area contributed by atoms with E-state index in [0.717, 1.165) is 23.2 Å². The Kier molecular flexibility index (Phi) is 6.44. The number of ether oxygens (including phenoxy) is 1. The lowest BCUT2D eigenvalue weighted by Crippen LogP contribution is -2.29. The number of hydrogen-bond acceptors (Lipinski definition) is 3. The molecule has 0 saturated carbocycles. The van der Waals surface area contributed by atoms with E-state index in [9.17, 15) is 9.59 Å². The molecule has 5 nitrogen and oxygen atoms in total. The lowest BCUT2D eigenvalue weighted by atomic mass is 10.1. The van der Waals surface area contributed by atoms with Crippen molar-refractivity contribution in [2.24, 2.45) is 0 Å². The molecule has 0 bridgehead atoms. The maximum Gasteiger partial charge on any atom is 0.258 e. The Bertz CT molecular complexity index is 1100. The zero-order chi connectivity index (χ0) is 21.8. The van der Waals surface area contributed by atoms with Crippen molar-refractivity contribution in [3.63, 3.8) is 0 Å². The topological polar surface area (TPSA) is 58.6 Å². The number of anilines is 1. The molecule has 0 aromatic heterocycles. The highest BCUT2D eigenvalue weighted by molar-refractivity contribution is 6.31. The maximum absolute atomic E-state index is 12.9. The molecule has 0 atom stereocenters. The summed E-state index contributed by atoms with van der Waals surface area (Å²) in [7, 11) is 0. The molecule has 1 aliphatic heterocycles. The zero-order valence-electron chi connectivity index (χ0n) is 16.6. The molecule has 7 heteroatoms. The molecule has 31 heavy (non-hydrogen) atoms. The van der Waals surface area contributed by atoms with Crippen LogP contribution in [0.4, 0.5) is 5.69 Å². The molecule has 1 aliphatic rings. The van der Waals surface area contributed by atoms with Crippen LogP contribution in [0, 0.1) is 0 Å². The molecule has 0 saturated heterocycles. The van der Waals surface area contributed by atoms with Crippen LogP contribution in [0.3, 0.4) is 0 Å². The van der Waals surface area contributed by atoms with Crippen molar-refractivity contribution in [2.45, 2.75) is 13.0 Å². The Morgan fingerprint density at radius 1 is 0.935 bits per heavy atom.